The molecule has 1 nitrogen and oxygen atoms in total. The lowest BCUT2D eigenvalue weighted by Gasteiger charge is -2.22. The maximum atomic E-state index is 6.24. The van der Waals surface area contributed by atoms with Gasteiger partial charge >= 0.3 is 0 Å². The summed E-state index contributed by atoms with van der Waals surface area (Å²) >= 11 is 15.7. The molecule has 2 unspecified atom stereocenters. The van der Waals surface area contributed by atoms with Crippen LogP contribution in [0.1, 0.15) is 32.6 Å². The van der Waals surface area contributed by atoms with Gasteiger partial charge in [0.1, 0.15) is 0 Å². The van der Waals surface area contributed by atoms with Crippen molar-refractivity contribution in [1.82, 2.24) is 0 Å². The standard InChI is InChI=1S/C13H16BrCl2N/c1-2-8-4-3-5-10(8)17-11-7-6-9(14)12(15)13(11)16/h6-8,10,17H,2-5H2,1H3. The van der Waals surface area contributed by atoms with Gasteiger partial charge in [-0.1, -0.05) is 43.0 Å². The van der Waals surface area contributed by atoms with Gasteiger partial charge in [-0.05, 0) is 46.8 Å². The van der Waals surface area contributed by atoms with E-state index in [1.807, 2.05) is 12.1 Å². The first-order chi connectivity index (χ1) is 8.13. The topological polar surface area (TPSA) is 12.0 Å². The summed E-state index contributed by atoms with van der Waals surface area (Å²) < 4.78 is 0.841. The second kappa shape index (κ2) is 5.81. The molecule has 0 aliphatic heterocycles. The van der Waals surface area contributed by atoms with Crippen LogP contribution in [0.3, 0.4) is 0 Å². The second-order valence-corrected chi connectivity index (χ2v) is 6.18. The molecule has 1 aromatic carbocycles. The normalized spacial score (nSPS) is 24.0. The van der Waals surface area contributed by atoms with Crippen molar-refractivity contribution in [2.75, 3.05) is 5.32 Å². The summed E-state index contributed by atoms with van der Waals surface area (Å²) in [6.45, 7) is 2.25. The fourth-order valence-electron chi connectivity index (χ4n) is 2.55. The van der Waals surface area contributed by atoms with Crippen LogP contribution in [0.25, 0.3) is 0 Å². The first-order valence-electron chi connectivity index (χ1n) is 6.03. The lowest BCUT2D eigenvalue weighted by atomic mass is 10.0. The summed E-state index contributed by atoms with van der Waals surface area (Å²) in [5.74, 6) is 0.758. The number of rotatable bonds is 3. The minimum Gasteiger partial charge on any atom is -0.381 e. The molecule has 1 fully saturated rings. The first kappa shape index (κ1) is 13.5. The molecule has 94 valence electrons. The molecular weight excluding hydrogens is 321 g/mol. The third kappa shape index (κ3) is 2.91. The molecule has 2 atom stereocenters. The maximum absolute atomic E-state index is 6.24. The Kier molecular flexibility index (Phi) is 4.62. The summed E-state index contributed by atoms with van der Waals surface area (Å²) in [5.41, 5.74) is 0.949. The van der Waals surface area contributed by atoms with Crippen LogP contribution in [-0.4, -0.2) is 6.04 Å². The first-order valence-corrected chi connectivity index (χ1v) is 7.58. The Morgan fingerprint density at radius 2 is 2.06 bits per heavy atom. The van der Waals surface area contributed by atoms with E-state index in [1.54, 1.807) is 0 Å². The summed E-state index contributed by atoms with van der Waals surface area (Å²) in [5, 5.41) is 4.74. The van der Waals surface area contributed by atoms with Crippen LogP contribution < -0.4 is 5.32 Å². The van der Waals surface area contributed by atoms with Crippen molar-refractivity contribution < 1.29 is 0 Å². The van der Waals surface area contributed by atoms with E-state index >= 15 is 0 Å². The van der Waals surface area contributed by atoms with Gasteiger partial charge in [0, 0.05) is 10.5 Å². The van der Waals surface area contributed by atoms with Crippen LogP contribution in [0.5, 0.6) is 0 Å². The molecule has 0 bridgehead atoms. The van der Waals surface area contributed by atoms with Gasteiger partial charge in [0.2, 0.25) is 0 Å². The van der Waals surface area contributed by atoms with Gasteiger partial charge < -0.3 is 5.32 Å². The summed E-state index contributed by atoms with van der Waals surface area (Å²) in [6.07, 6.45) is 5.07. The Labute approximate surface area is 121 Å². The van der Waals surface area contributed by atoms with Crippen molar-refractivity contribution in [3.05, 3.63) is 26.7 Å². The molecule has 0 aromatic heterocycles. The Hall–Kier alpha value is 0.0800. The van der Waals surface area contributed by atoms with Crippen molar-refractivity contribution >= 4 is 44.8 Å². The van der Waals surface area contributed by atoms with E-state index in [-0.39, 0.29) is 0 Å². The highest BCUT2D eigenvalue weighted by Crippen LogP contribution is 2.38. The molecule has 0 amide bonds. The molecule has 1 saturated carbocycles. The fraction of sp³-hybridized carbons (Fsp3) is 0.538. The maximum Gasteiger partial charge on any atom is 0.0835 e. The smallest absolute Gasteiger partial charge is 0.0835 e. The molecule has 17 heavy (non-hydrogen) atoms. The molecule has 0 spiro atoms. The van der Waals surface area contributed by atoms with Crippen molar-refractivity contribution in [1.29, 1.82) is 0 Å². The fourth-order valence-corrected chi connectivity index (χ4v) is 3.38. The molecule has 2 rings (SSSR count). The van der Waals surface area contributed by atoms with E-state index in [2.05, 4.69) is 28.2 Å². The number of halogens is 3. The van der Waals surface area contributed by atoms with Crippen LogP contribution in [-0.2, 0) is 0 Å². The third-order valence-corrected chi connectivity index (χ3v) is 5.33. The van der Waals surface area contributed by atoms with Gasteiger partial charge in [-0.15, -0.1) is 0 Å². The molecule has 1 aromatic rings. The predicted molar refractivity (Wildman–Crippen MR) is 79.2 cm³/mol. The van der Waals surface area contributed by atoms with Gasteiger partial charge in [-0.25, -0.2) is 0 Å². The van der Waals surface area contributed by atoms with E-state index in [4.69, 9.17) is 23.2 Å². The zero-order chi connectivity index (χ0) is 12.4. The van der Waals surface area contributed by atoms with Gasteiger partial charge in [0.25, 0.3) is 0 Å². The highest BCUT2D eigenvalue weighted by atomic mass is 79.9. The van der Waals surface area contributed by atoms with Crippen molar-refractivity contribution in [3.63, 3.8) is 0 Å². The van der Waals surface area contributed by atoms with E-state index in [0.29, 0.717) is 16.1 Å². The average Bonchev–Trinajstić information content (AvgIpc) is 2.77. The molecule has 0 heterocycles. The van der Waals surface area contributed by atoms with Gasteiger partial charge in [0.05, 0.1) is 15.7 Å². The molecule has 0 saturated heterocycles. The summed E-state index contributed by atoms with van der Waals surface area (Å²) in [6, 6.07) is 4.46. The number of nitrogens with one attached hydrogen (secondary N) is 1. The van der Waals surface area contributed by atoms with Crippen LogP contribution in [0, 0.1) is 5.92 Å². The van der Waals surface area contributed by atoms with Crippen LogP contribution in [0.4, 0.5) is 5.69 Å². The molecule has 1 N–H and O–H groups in total. The Morgan fingerprint density at radius 1 is 1.29 bits per heavy atom. The molecule has 0 radical (unpaired) electrons. The molecule has 4 heteroatoms. The third-order valence-electron chi connectivity index (χ3n) is 3.56. The number of anilines is 1. The van der Waals surface area contributed by atoms with Crippen LogP contribution in [0.2, 0.25) is 10.0 Å². The Bertz CT molecular complexity index is 409. The number of hydrogen-bond acceptors (Lipinski definition) is 1. The molecular formula is C13H16BrCl2N. The minimum absolute atomic E-state index is 0.537. The lowest BCUT2D eigenvalue weighted by Crippen LogP contribution is -2.23. The quantitative estimate of drug-likeness (QED) is 0.693. The molecule has 1 aliphatic carbocycles. The second-order valence-electron chi connectivity index (χ2n) is 4.57. The van der Waals surface area contributed by atoms with Crippen molar-refractivity contribution in [2.24, 2.45) is 5.92 Å². The number of benzene rings is 1. The van der Waals surface area contributed by atoms with Crippen molar-refractivity contribution in [3.8, 4) is 0 Å². The van der Waals surface area contributed by atoms with E-state index in [0.717, 1.165) is 16.1 Å². The number of hydrogen-bond donors (Lipinski definition) is 1. The predicted octanol–water partition coefficient (Wildman–Crippen LogP) is 5.75. The van der Waals surface area contributed by atoms with Crippen LogP contribution in [0.15, 0.2) is 16.6 Å². The zero-order valence-corrected chi connectivity index (χ0v) is 12.9. The SMILES string of the molecule is CCC1CCCC1Nc1ccc(Br)c(Cl)c1Cl. The van der Waals surface area contributed by atoms with Gasteiger partial charge in [-0.2, -0.15) is 0 Å². The highest BCUT2D eigenvalue weighted by molar-refractivity contribution is 9.10. The minimum atomic E-state index is 0.537. The average molecular weight is 337 g/mol. The largest absolute Gasteiger partial charge is 0.381 e. The molecule has 1 aliphatic rings. The highest BCUT2D eigenvalue weighted by Gasteiger charge is 2.26. The summed E-state index contributed by atoms with van der Waals surface area (Å²) in [7, 11) is 0. The zero-order valence-electron chi connectivity index (χ0n) is 9.77. The van der Waals surface area contributed by atoms with E-state index in [1.165, 1.54) is 25.7 Å². The van der Waals surface area contributed by atoms with Crippen molar-refractivity contribution in [2.45, 2.75) is 38.6 Å². The Morgan fingerprint density at radius 3 is 2.76 bits per heavy atom. The Balaban J connectivity index is 2.16. The monoisotopic (exact) mass is 335 g/mol. The van der Waals surface area contributed by atoms with Gasteiger partial charge in [0.15, 0.2) is 0 Å². The summed E-state index contributed by atoms with van der Waals surface area (Å²) in [4.78, 5) is 0. The van der Waals surface area contributed by atoms with E-state index < -0.39 is 0 Å². The van der Waals surface area contributed by atoms with Crippen LogP contribution >= 0.6 is 39.1 Å². The van der Waals surface area contributed by atoms with E-state index in [9.17, 15) is 0 Å². The van der Waals surface area contributed by atoms with Gasteiger partial charge in [-0.3, -0.25) is 0 Å². The lowest BCUT2D eigenvalue weighted by molar-refractivity contribution is 0.489.